The smallest absolute Gasteiger partial charge is 0.0145 e. The molecule has 1 aliphatic carbocycles. The third-order valence-corrected chi connectivity index (χ3v) is 3.77. The van der Waals surface area contributed by atoms with E-state index in [1.807, 2.05) is 0 Å². The molecule has 3 rings (SSSR count). The molecule has 1 nitrogen and oxygen atoms in total. The van der Waals surface area contributed by atoms with Gasteiger partial charge in [0.25, 0.3) is 0 Å². The van der Waals surface area contributed by atoms with E-state index in [1.54, 1.807) is 0 Å². The Balaban J connectivity index is 2.30. The first-order chi connectivity index (χ1) is 7.79. The Morgan fingerprint density at radius 1 is 1.06 bits per heavy atom. The topological polar surface area (TPSA) is 12.0 Å². The summed E-state index contributed by atoms with van der Waals surface area (Å²) < 4.78 is 0. The highest BCUT2D eigenvalue weighted by atomic mass is 14.9. The Morgan fingerprint density at radius 2 is 1.81 bits per heavy atom. The highest BCUT2D eigenvalue weighted by Gasteiger charge is 2.19. The van der Waals surface area contributed by atoms with Gasteiger partial charge >= 0.3 is 0 Å². The molecule has 1 N–H and O–H groups in total. The zero-order valence-corrected chi connectivity index (χ0v) is 9.88. The maximum absolute atomic E-state index is 3.40. The molecule has 0 saturated carbocycles. The second-order valence-corrected chi connectivity index (χ2v) is 4.78. The van der Waals surface area contributed by atoms with Gasteiger partial charge in [-0.3, -0.25) is 0 Å². The van der Waals surface area contributed by atoms with Crippen LogP contribution in [0.25, 0.3) is 10.8 Å². The molecular weight excluding hydrogens is 194 g/mol. The standard InChI is InChI=1S/C15H17N/c1-10-6-7-12-9-13(16-2)8-11-4-3-5-14(10)15(11)12/h3-7,13,16H,8-9H2,1-2H3. The Morgan fingerprint density at radius 3 is 2.56 bits per heavy atom. The van der Waals surface area contributed by atoms with Crippen molar-refractivity contribution >= 4 is 10.8 Å². The van der Waals surface area contributed by atoms with Crippen molar-refractivity contribution < 1.29 is 0 Å². The summed E-state index contributed by atoms with van der Waals surface area (Å²) in [5.74, 6) is 0. The summed E-state index contributed by atoms with van der Waals surface area (Å²) in [6.45, 7) is 2.20. The molecule has 0 amide bonds. The lowest BCUT2D eigenvalue weighted by Gasteiger charge is -2.25. The molecule has 0 saturated heterocycles. The number of rotatable bonds is 1. The summed E-state index contributed by atoms with van der Waals surface area (Å²) in [4.78, 5) is 0. The van der Waals surface area contributed by atoms with Gasteiger partial charge in [-0.25, -0.2) is 0 Å². The van der Waals surface area contributed by atoms with Crippen LogP contribution in [0.3, 0.4) is 0 Å². The minimum Gasteiger partial charge on any atom is -0.316 e. The van der Waals surface area contributed by atoms with E-state index >= 15 is 0 Å². The molecule has 0 spiro atoms. The lowest BCUT2D eigenvalue weighted by molar-refractivity contribution is 0.551. The number of likely N-dealkylation sites (N-methyl/N-ethyl adjacent to an activating group) is 1. The van der Waals surface area contributed by atoms with Crippen LogP contribution < -0.4 is 5.32 Å². The Kier molecular flexibility index (Phi) is 2.22. The quantitative estimate of drug-likeness (QED) is 0.765. The van der Waals surface area contributed by atoms with Gasteiger partial charge in [0.1, 0.15) is 0 Å². The zero-order chi connectivity index (χ0) is 11.1. The first kappa shape index (κ1) is 9.86. The Hall–Kier alpha value is -1.34. The summed E-state index contributed by atoms with van der Waals surface area (Å²) in [6, 6.07) is 11.9. The van der Waals surface area contributed by atoms with Crippen molar-refractivity contribution in [3.8, 4) is 0 Å². The molecule has 1 heteroatoms. The highest BCUT2D eigenvalue weighted by Crippen LogP contribution is 2.31. The number of hydrogen-bond acceptors (Lipinski definition) is 1. The van der Waals surface area contributed by atoms with E-state index in [-0.39, 0.29) is 0 Å². The van der Waals surface area contributed by atoms with Crippen LogP contribution in [0.2, 0.25) is 0 Å². The van der Waals surface area contributed by atoms with Crippen LogP contribution in [0, 0.1) is 6.92 Å². The van der Waals surface area contributed by atoms with Crippen molar-refractivity contribution in [1.82, 2.24) is 5.32 Å². The number of benzene rings is 2. The van der Waals surface area contributed by atoms with Crippen LogP contribution in [0.15, 0.2) is 30.3 Å². The molecule has 16 heavy (non-hydrogen) atoms. The molecule has 0 bridgehead atoms. The first-order valence-corrected chi connectivity index (χ1v) is 5.97. The van der Waals surface area contributed by atoms with Crippen LogP contribution in [-0.2, 0) is 12.8 Å². The van der Waals surface area contributed by atoms with E-state index in [1.165, 1.54) is 27.5 Å². The fraction of sp³-hybridized carbons (Fsp3) is 0.333. The normalized spacial score (nSPS) is 19.0. The summed E-state index contributed by atoms with van der Waals surface area (Å²) in [5, 5.41) is 6.35. The van der Waals surface area contributed by atoms with Gasteiger partial charge in [-0.1, -0.05) is 30.3 Å². The lowest BCUT2D eigenvalue weighted by atomic mass is 9.84. The molecule has 0 fully saturated rings. The van der Waals surface area contributed by atoms with Gasteiger partial charge in [0.05, 0.1) is 0 Å². The van der Waals surface area contributed by atoms with Gasteiger partial charge in [0, 0.05) is 6.04 Å². The second-order valence-electron chi connectivity index (χ2n) is 4.78. The minimum absolute atomic E-state index is 0.598. The SMILES string of the molecule is CNC1Cc2cccc3c(C)ccc(c23)C1. The van der Waals surface area contributed by atoms with E-state index in [4.69, 9.17) is 0 Å². The Bertz CT molecular complexity index is 530. The molecule has 0 heterocycles. The number of hydrogen-bond donors (Lipinski definition) is 1. The number of aryl methyl sites for hydroxylation is 1. The molecule has 1 atom stereocenters. The molecular formula is C15H17N. The Labute approximate surface area is 96.5 Å². The maximum atomic E-state index is 3.40. The van der Waals surface area contributed by atoms with Crippen molar-refractivity contribution in [3.63, 3.8) is 0 Å². The van der Waals surface area contributed by atoms with Crippen molar-refractivity contribution in [3.05, 3.63) is 47.0 Å². The molecule has 82 valence electrons. The summed E-state index contributed by atoms with van der Waals surface area (Å²) in [7, 11) is 2.06. The third kappa shape index (κ3) is 1.35. The third-order valence-electron chi connectivity index (χ3n) is 3.77. The molecule has 2 aromatic carbocycles. The van der Waals surface area contributed by atoms with E-state index in [0.29, 0.717) is 6.04 Å². The molecule has 2 aromatic rings. The summed E-state index contributed by atoms with van der Waals surface area (Å²) in [5.41, 5.74) is 4.40. The van der Waals surface area contributed by atoms with Gasteiger partial charge < -0.3 is 5.32 Å². The predicted molar refractivity (Wildman–Crippen MR) is 68.9 cm³/mol. The van der Waals surface area contributed by atoms with Crippen molar-refractivity contribution in [2.24, 2.45) is 0 Å². The molecule has 1 aliphatic rings. The average molecular weight is 211 g/mol. The summed E-state index contributed by atoms with van der Waals surface area (Å²) >= 11 is 0. The first-order valence-electron chi connectivity index (χ1n) is 5.97. The molecule has 0 aliphatic heterocycles. The van der Waals surface area contributed by atoms with E-state index < -0.39 is 0 Å². The lowest BCUT2D eigenvalue weighted by Crippen LogP contribution is -2.32. The summed E-state index contributed by atoms with van der Waals surface area (Å²) in [6.07, 6.45) is 2.31. The van der Waals surface area contributed by atoms with Gasteiger partial charge in [-0.15, -0.1) is 0 Å². The van der Waals surface area contributed by atoms with Gasteiger partial charge in [0.2, 0.25) is 0 Å². The van der Waals surface area contributed by atoms with Crippen molar-refractivity contribution in [2.75, 3.05) is 7.05 Å². The minimum atomic E-state index is 0.598. The van der Waals surface area contributed by atoms with Gasteiger partial charge in [-0.2, -0.15) is 0 Å². The van der Waals surface area contributed by atoms with Gasteiger partial charge in [-0.05, 0) is 54.3 Å². The molecule has 0 aromatic heterocycles. The fourth-order valence-electron chi connectivity index (χ4n) is 2.85. The van der Waals surface area contributed by atoms with E-state index in [9.17, 15) is 0 Å². The largest absolute Gasteiger partial charge is 0.316 e. The number of nitrogens with one attached hydrogen (secondary N) is 1. The van der Waals surface area contributed by atoms with Crippen LogP contribution in [0.1, 0.15) is 16.7 Å². The second kappa shape index (κ2) is 3.60. The molecule has 0 radical (unpaired) electrons. The van der Waals surface area contributed by atoms with Crippen molar-refractivity contribution in [2.45, 2.75) is 25.8 Å². The average Bonchev–Trinajstić information content (AvgIpc) is 2.33. The van der Waals surface area contributed by atoms with E-state index in [2.05, 4.69) is 49.6 Å². The maximum Gasteiger partial charge on any atom is 0.0145 e. The van der Waals surface area contributed by atoms with E-state index in [0.717, 1.165) is 12.8 Å². The van der Waals surface area contributed by atoms with Crippen LogP contribution in [-0.4, -0.2) is 13.1 Å². The van der Waals surface area contributed by atoms with Gasteiger partial charge in [0.15, 0.2) is 0 Å². The highest BCUT2D eigenvalue weighted by molar-refractivity contribution is 5.92. The van der Waals surface area contributed by atoms with Crippen molar-refractivity contribution in [1.29, 1.82) is 0 Å². The predicted octanol–water partition coefficient (Wildman–Crippen LogP) is 2.83. The monoisotopic (exact) mass is 211 g/mol. The van der Waals surface area contributed by atoms with Crippen LogP contribution in [0.5, 0.6) is 0 Å². The van der Waals surface area contributed by atoms with Crippen LogP contribution >= 0.6 is 0 Å². The van der Waals surface area contributed by atoms with Crippen LogP contribution in [0.4, 0.5) is 0 Å². The fourth-order valence-corrected chi connectivity index (χ4v) is 2.85. The molecule has 1 unspecified atom stereocenters. The zero-order valence-electron chi connectivity index (χ0n) is 9.88.